The van der Waals surface area contributed by atoms with E-state index in [0.29, 0.717) is 12.3 Å². The lowest BCUT2D eigenvalue weighted by Crippen LogP contribution is -2.26. The third-order valence-corrected chi connectivity index (χ3v) is 5.03. The van der Waals surface area contributed by atoms with Crippen LogP contribution in [0.5, 0.6) is 0 Å². The van der Waals surface area contributed by atoms with Crippen molar-refractivity contribution in [3.05, 3.63) is 70.8 Å². The van der Waals surface area contributed by atoms with Gasteiger partial charge in [-0.2, -0.15) is 0 Å². The quantitative estimate of drug-likeness (QED) is 0.671. The number of hydrogen-bond donors (Lipinski definition) is 1. The van der Waals surface area contributed by atoms with Crippen molar-refractivity contribution in [1.29, 1.82) is 0 Å². The molecule has 0 fully saturated rings. The first-order valence-corrected chi connectivity index (χ1v) is 8.95. The van der Waals surface area contributed by atoms with E-state index in [0.717, 1.165) is 11.1 Å². The lowest BCUT2D eigenvalue weighted by molar-refractivity contribution is 0.0765. The number of aryl methyl sites for hydroxylation is 1. The second-order valence-corrected chi connectivity index (χ2v) is 6.60. The number of benzene rings is 2. The molecule has 0 aliphatic carbocycles. The van der Waals surface area contributed by atoms with Gasteiger partial charge in [0.15, 0.2) is 0 Å². The number of aliphatic hydroxyl groups is 1. The van der Waals surface area contributed by atoms with Crippen LogP contribution in [-0.2, 0) is 5.60 Å². The van der Waals surface area contributed by atoms with Gasteiger partial charge in [-0.25, -0.2) is 0 Å². The van der Waals surface area contributed by atoms with Gasteiger partial charge in [0.1, 0.15) is 5.60 Å². The van der Waals surface area contributed by atoms with E-state index in [1.54, 1.807) is 0 Å². The van der Waals surface area contributed by atoms with Crippen molar-refractivity contribution >= 4 is 0 Å². The van der Waals surface area contributed by atoms with Gasteiger partial charge in [0, 0.05) is 0 Å². The van der Waals surface area contributed by atoms with Gasteiger partial charge in [0.2, 0.25) is 0 Å². The minimum absolute atomic E-state index is 0.628. The van der Waals surface area contributed by atoms with Gasteiger partial charge in [-0.1, -0.05) is 81.3 Å². The van der Waals surface area contributed by atoms with Crippen LogP contribution in [0.2, 0.25) is 0 Å². The van der Waals surface area contributed by atoms with Gasteiger partial charge in [-0.15, -0.1) is 0 Å². The second-order valence-electron chi connectivity index (χ2n) is 6.60. The van der Waals surface area contributed by atoms with E-state index in [9.17, 15) is 5.11 Å². The molecule has 0 spiro atoms. The Bertz CT molecular complexity index is 597. The molecule has 1 nitrogen and oxygen atoms in total. The van der Waals surface area contributed by atoms with Crippen LogP contribution in [0.25, 0.3) is 0 Å². The third-order valence-electron chi connectivity index (χ3n) is 5.03. The molecule has 0 aliphatic rings. The zero-order chi connectivity index (χ0) is 16.9. The van der Waals surface area contributed by atoms with Crippen LogP contribution in [0.4, 0.5) is 0 Å². The Kier molecular flexibility index (Phi) is 6.01. The molecular formula is C22H30O. The van der Waals surface area contributed by atoms with Crippen LogP contribution in [-0.4, -0.2) is 5.11 Å². The van der Waals surface area contributed by atoms with Gasteiger partial charge in [-0.3, -0.25) is 0 Å². The maximum absolute atomic E-state index is 11.2. The standard InChI is InChI=1S/C22H30O/c1-5-8-18(6-2)19-11-15-21(16-12-19)22(23,7-3)20-13-9-17(4)10-14-20/h9-16,18,23H,5-8H2,1-4H3. The third kappa shape index (κ3) is 3.84. The fraction of sp³-hybridized carbons (Fsp3) is 0.455. The summed E-state index contributed by atoms with van der Waals surface area (Å²) in [5, 5.41) is 11.2. The van der Waals surface area contributed by atoms with E-state index in [1.165, 1.54) is 30.4 Å². The van der Waals surface area contributed by atoms with Crippen molar-refractivity contribution < 1.29 is 5.11 Å². The summed E-state index contributed by atoms with van der Waals surface area (Å²) in [5.41, 5.74) is 3.66. The molecule has 0 amide bonds. The molecule has 2 atom stereocenters. The van der Waals surface area contributed by atoms with Gasteiger partial charge >= 0.3 is 0 Å². The van der Waals surface area contributed by atoms with Crippen LogP contribution in [0.15, 0.2) is 48.5 Å². The molecule has 0 aliphatic heterocycles. The van der Waals surface area contributed by atoms with Gasteiger partial charge < -0.3 is 5.11 Å². The Morgan fingerprint density at radius 2 is 1.39 bits per heavy atom. The Morgan fingerprint density at radius 1 is 0.870 bits per heavy atom. The molecule has 0 heterocycles. The Morgan fingerprint density at radius 3 is 1.83 bits per heavy atom. The molecule has 0 aromatic heterocycles. The van der Waals surface area contributed by atoms with Crippen molar-refractivity contribution in [2.45, 2.75) is 64.9 Å². The minimum Gasteiger partial charge on any atom is -0.380 e. The predicted molar refractivity (Wildman–Crippen MR) is 98.9 cm³/mol. The summed E-state index contributed by atoms with van der Waals surface area (Å²) in [4.78, 5) is 0. The monoisotopic (exact) mass is 310 g/mol. The van der Waals surface area contributed by atoms with Crippen LogP contribution < -0.4 is 0 Å². The normalized spacial score (nSPS) is 15.2. The van der Waals surface area contributed by atoms with Crippen molar-refractivity contribution in [2.24, 2.45) is 0 Å². The number of hydrogen-bond acceptors (Lipinski definition) is 1. The van der Waals surface area contributed by atoms with Crippen LogP contribution in [0.1, 0.15) is 74.6 Å². The van der Waals surface area contributed by atoms with Crippen LogP contribution in [0.3, 0.4) is 0 Å². The van der Waals surface area contributed by atoms with Crippen molar-refractivity contribution in [2.75, 3.05) is 0 Å². The van der Waals surface area contributed by atoms with E-state index in [2.05, 4.69) is 57.2 Å². The first-order chi connectivity index (χ1) is 11.0. The van der Waals surface area contributed by atoms with Gasteiger partial charge in [-0.05, 0) is 48.8 Å². The van der Waals surface area contributed by atoms with Gasteiger partial charge in [0.05, 0.1) is 0 Å². The summed E-state index contributed by atoms with van der Waals surface area (Å²) < 4.78 is 0. The molecule has 2 unspecified atom stereocenters. The van der Waals surface area contributed by atoms with Crippen LogP contribution >= 0.6 is 0 Å². The molecule has 0 saturated carbocycles. The van der Waals surface area contributed by atoms with E-state index in [1.807, 2.05) is 19.1 Å². The molecule has 0 saturated heterocycles. The Labute approximate surface area is 141 Å². The average Bonchev–Trinajstić information content (AvgIpc) is 2.60. The molecule has 0 radical (unpaired) electrons. The van der Waals surface area contributed by atoms with Crippen LogP contribution in [0, 0.1) is 6.92 Å². The molecule has 124 valence electrons. The Balaban J connectivity index is 2.33. The fourth-order valence-electron chi connectivity index (χ4n) is 3.39. The van der Waals surface area contributed by atoms with Crippen molar-refractivity contribution in [3.8, 4) is 0 Å². The summed E-state index contributed by atoms with van der Waals surface area (Å²) in [6.07, 6.45) is 4.28. The smallest absolute Gasteiger partial charge is 0.114 e. The van der Waals surface area contributed by atoms with E-state index in [-0.39, 0.29) is 0 Å². The summed E-state index contributed by atoms with van der Waals surface area (Å²) in [5.74, 6) is 0.628. The number of rotatable bonds is 7. The lowest BCUT2D eigenvalue weighted by Gasteiger charge is -2.29. The Hall–Kier alpha value is -1.60. The molecule has 1 heteroatoms. The fourth-order valence-corrected chi connectivity index (χ4v) is 3.39. The first-order valence-electron chi connectivity index (χ1n) is 8.95. The summed E-state index contributed by atoms with van der Waals surface area (Å²) in [6.45, 7) is 8.61. The lowest BCUT2D eigenvalue weighted by atomic mass is 9.82. The highest BCUT2D eigenvalue weighted by Crippen LogP contribution is 2.34. The zero-order valence-corrected chi connectivity index (χ0v) is 15.0. The largest absolute Gasteiger partial charge is 0.380 e. The maximum Gasteiger partial charge on any atom is 0.114 e. The van der Waals surface area contributed by atoms with Gasteiger partial charge in [0.25, 0.3) is 0 Å². The molecule has 2 aromatic rings. The summed E-state index contributed by atoms with van der Waals surface area (Å²) in [6, 6.07) is 16.8. The first kappa shape index (κ1) is 17.7. The van der Waals surface area contributed by atoms with Crippen molar-refractivity contribution in [1.82, 2.24) is 0 Å². The highest BCUT2D eigenvalue weighted by molar-refractivity contribution is 5.38. The zero-order valence-electron chi connectivity index (χ0n) is 15.0. The van der Waals surface area contributed by atoms with E-state index < -0.39 is 5.60 Å². The maximum atomic E-state index is 11.2. The molecule has 1 N–H and O–H groups in total. The predicted octanol–water partition coefficient (Wildman–Crippen LogP) is 5.93. The minimum atomic E-state index is -0.904. The molecule has 2 aromatic carbocycles. The highest BCUT2D eigenvalue weighted by Gasteiger charge is 2.29. The highest BCUT2D eigenvalue weighted by atomic mass is 16.3. The molecule has 2 rings (SSSR count). The SMILES string of the molecule is CCCC(CC)c1ccc(C(O)(CC)c2ccc(C)cc2)cc1. The second kappa shape index (κ2) is 7.79. The van der Waals surface area contributed by atoms with Crippen molar-refractivity contribution in [3.63, 3.8) is 0 Å². The van der Waals surface area contributed by atoms with E-state index in [4.69, 9.17) is 0 Å². The summed E-state index contributed by atoms with van der Waals surface area (Å²) in [7, 11) is 0. The van der Waals surface area contributed by atoms with E-state index >= 15 is 0 Å². The topological polar surface area (TPSA) is 20.2 Å². The average molecular weight is 310 g/mol. The molecule has 23 heavy (non-hydrogen) atoms. The molecular weight excluding hydrogens is 280 g/mol. The summed E-state index contributed by atoms with van der Waals surface area (Å²) >= 11 is 0. The molecule has 0 bridgehead atoms.